The number of amides is 2. The van der Waals surface area contributed by atoms with Crippen LogP contribution in [0.2, 0.25) is 5.02 Å². The number of aliphatic carboxylic acids is 1. The molecule has 3 N–H and O–H groups in total. The zero-order chi connectivity index (χ0) is 16.0. The number of carbonyl (C=O) groups excluding carboxylic acids is 2. The molecule has 0 aromatic heterocycles. The molecule has 21 heavy (non-hydrogen) atoms. The minimum Gasteiger partial charge on any atom is -0.480 e. The molecule has 0 heterocycles. The highest BCUT2D eigenvalue weighted by atomic mass is 35.5. The number of hydrogen-bond acceptors (Lipinski definition) is 3. The number of rotatable bonds is 6. The van der Waals surface area contributed by atoms with Crippen molar-refractivity contribution in [2.45, 2.75) is 19.9 Å². The lowest BCUT2D eigenvalue weighted by Crippen LogP contribution is -2.50. The van der Waals surface area contributed by atoms with Crippen molar-refractivity contribution in [3.05, 3.63) is 34.9 Å². The molecule has 0 saturated heterocycles. The highest BCUT2D eigenvalue weighted by Gasteiger charge is 2.24. The van der Waals surface area contributed by atoms with Gasteiger partial charge in [-0.2, -0.15) is 0 Å². The van der Waals surface area contributed by atoms with E-state index in [1.54, 1.807) is 38.1 Å². The Hall–Kier alpha value is -2.08. The SMILES string of the molecule is CC(C)C(NC(=O)c1ccc(Cl)cc1)C(=O)NCC(=O)O. The van der Waals surface area contributed by atoms with E-state index in [1.807, 2.05) is 0 Å². The van der Waals surface area contributed by atoms with Gasteiger partial charge in [0.1, 0.15) is 12.6 Å². The van der Waals surface area contributed by atoms with Crippen molar-refractivity contribution in [2.24, 2.45) is 5.92 Å². The molecule has 0 spiro atoms. The van der Waals surface area contributed by atoms with Crippen molar-refractivity contribution in [3.63, 3.8) is 0 Å². The molecule has 114 valence electrons. The molecular weight excluding hydrogens is 296 g/mol. The quantitative estimate of drug-likeness (QED) is 0.737. The van der Waals surface area contributed by atoms with Crippen LogP contribution in [0.1, 0.15) is 24.2 Å². The molecular formula is C14H17ClN2O4. The monoisotopic (exact) mass is 312 g/mol. The number of nitrogens with one attached hydrogen (secondary N) is 2. The van der Waals surface area contributed by atoms with Gasteiger partial charge in [-0.1, -0.05) is 25.4 Å². The average molecular weight is 313 g/mol. The van der Waals surface area contributed by atoms with Gasteiger partial charge in [0.2, 0.25) is 5.91 Å². The Kier molecular flexibility index (Phi) is 6.17. The smallest absolute Gasteiger partial charge is 0.322 e. The van der Waals surface area contributed by atoms with E-state index < -0.39 is 30.4 Å². The number of halogens is 1. The molecule has 0 aliphatic heterocycles. The Morgan fingerprint density at radius 3 is 2.24 bits per heavy atom. The van der Waals surface area contributed by atoms with Crippen molar-refractivity contribution >= 4 is 29.4 Å². The van der Waals surface area contributed by atoms with Gasteiger partial charge in [0.15, 0.2) is 0 Å². The number of carboxylic acids is 1. The van der Waals surface area contributed by atoms with Gasteiger partial charge in [0, 0.05) is 10.6 Å². The molecule has 6 nitrogen and oxygen atoms in total. The van der Waals surface area contributed by atoms with E-state index in [9.17, 15) is 14.4 Å². The summed E-state index contributed by atoms with van der Waals surface area (Å²) in [6, 6.07) is 5.43. The van der Waals surface area contributed by atoms with Gasteiger partial charge in [-0.25, -0.2) is 0 Å². The maximum atomic E-state index is 12.1. The summed E-state index contributed by atoms with van der Waals surface area (Å²) in [7, 11) is 0. The van der Waals surface area contributed by atoms with Gasteiger partial charge in [-0.05, 0) is 30.2 Å². The van der Waals surface area contributed by atoms with Crippen molar-refractivity contribution in [1.82, 2.24) is 10.6 Å². The summed E-state index contributed by atoms with van der Waals surface area (Å²) < 4.78 is 0. The van der Waals surface area contributed by atoms with Crippen LogP contribution in [0.25, 0.3) is 0 Å². The Balaban J connectivity index is 2.73. The van der Waals surface area contributed by atoms with E-state index in [2.05, 4.69) is 10.6 Å². The van der Waals surface area contributed by atoms with Crippen LogP contribution in [0.3, 0.4) is 0 Å². The van der Waals surface area contributed by atoms with E-state index in [4.69, 9.17) is 16.7 Å². The highest BCUT2D eigenvalue weighted by Crippen LogP contribution is 2.10. The second kappa shape index (κ2) is 7.64. The van der Waals surface area contributed by atoms with Crippen LogP contribution in [0.4, 0.5) is 0 Å². The van der Waals surface area contributed by atoms with Gasteiger partial charge >= 0.3 is 5.97 Å². The van der Waals surface area contributed by atoms with Gasteiger partial charge in [0.05, 0.1) is 0 Å². The summed E-state index contributed by atoms with van der Waals surface area (Å²) in [5, 5.41) is 13.9. The van der Waals surface area contributed by atoms with Gasteiger partial charge < -0.3 is 15.7 Å². The van der Waals surface area contributed by atoms with Crippen LogP contribution >= 0.6 is 11.6 Å². The fourth-order valence-electron chi connectivity index (χ4n) is 1.63. The molecule has 1 aromatic carbocycles. The molecule has 2 amide bonds. The summed E-state index contributed by atoms with van der Waals surface area (Å²) in [5.74, 6) is -2.28. The molecule has 0 radical (unpaired) electrons. The predicted octanol–water partition coefficient (Wildman–Crippen LogP) is 1.30. The van der Waals surface area contributed by atoms with Crippen LogP contribution in [-0.2, 0) is 9.59 Å². The molecule has 1 aromatic rings. The lowest BCUT2D eigenvalue weighted by molar-refractivity contribution is -0.138. The Morgan fingerprint density at radius 1 is 1.19 bits per heavy atom. The Bertz CT molecular complexity index is 528. The van der Waals surface area contributed by atoms with Crippen LogP contribution in [0, 0.1) is 5.92 Å². The van der Waals surface area contributed by atoms with E-state index in [-0.39, 0.29) is 5.92 Å². The Morgan fingerprint density at radius 2 is 1.76 bits per heavy atom. The number of carbonyl (C=O) groups is 3. The van der Waals surface area contributed by atoms with E-state index >= 15 is 0 Å². The number of carboxylic acid groups (broad SMARTS) is 1. The molecule has 1 atom stereocenters. The lowest BCUT2D eigenvalue weighted by atomic mass is 10.0. The van der Waals surface area contributed by atoms with Gasteiger partial charge in [-0.3, -0.25) is 14.4 Å². The van der Waals surface area contributed by atoms with Crippen LogP contribution in [-0.4, -0.2) is 35.5 Å². The van der Waals surface area contributed by atoms with Crippen LogP contribution < -0.4 is 10.6 Å². The summed E-state index contributed by atoms with van der Waals surface area (Å²) in [5.41, 5.74) is 0.371. The summed E-state index contributed by atoms with van der Waals surface area (Å²) in [4.78, 5) is 34.4. The second-order valence-corrected chi connectivity index (χ2v) is 5.25. The number of benzene rings is 1. The lowest BCUT2D eigenvalue weighted by Gasteiger charge is -2.21. The molecule has 1 unspecified atom stereocenters. The molecule has 7 heteroatoms. The first kappa shape index (κ1) is 17.0. The zero-order valence-electron chi connectivity index (χ0n) is 11.7. The van der Waals surface area contributed by atoms with Crippen molar-refractivity contribution < 1.29 is 19.5 Å². The molecule has 0 saturated carbocycles. The largest absolute Gasteiger partial charge is 0.480 e. The van der Waals surface area contributed by atoms with E-state index in [0.29, 0.717) is 10.6 Å². The third-order valence-electron chi connectivity index (χ3n) is 2.76. The molecule has 0 aliphatic rings. The normalized spacial score (nSPS) is 11.8. The minimum atomic E-state index is -1.14. The molecule has 1 rings (SSSR count). The Labute approximate surface area is 127 Å². The summed E-state index contributed by atoms with van der Waals surface area (Å²) >= 11 is 5.74. The van der Waals surface area contributed by atoms with Crippen molar-refractivity contribution in [1.29, 1.82) is 0 Å². The van der Waals surface area contributed by atoms with E-state index in [0.717, 1.165) is 0 Å². The summed E-state index contributed by atoms with van der Waals surface area (Å²) in [6.07, 6.45) is 0. The number of hydrogen-bond donors (Lipinski definition) is 3. The third kappa shape index (κ3) is 5.43. The first-order valence-electron chi connectivity index (χ1n) is 6.37. The predicted molar refractivity (Wildman–Crippen MR) is 78.2 cm³/mol. The van der Waals surface area contributed by atoms with Gasteiger partial charge in [0.25, 0.3) is 5.91 Å². The van der Waals surface area contributed by atoms with Crippen LogP contribution in [0.5, 0.6) is 0 Å². The van der Waals surface area contributed by atoms with Crippen molar-refractivity contribution in [3.8, 4) is 0 Å². The topological polar surface area (TPSA) is 95.5 Å². The van der Waals surface area contributed by atoms with Crippen LogP contribution in [0.15, 0.2) is 24.3 Å². The summed E-state index contributed by atoms with van der Waals surface area (Å²) in [6.45, 7) is 3.03. The third-order valence-corrected chi connectivity index (χ3v) is 3.01. The second-order valence-electron chi connectivity index (χ2n) is 4.81. The highest BCUT2D eigenvalue weighted by molar-refractivity contribution is 6.30. The fraction of sp³-hybridized carbons (Fsp3) is 0.357. The molecule has 0 bridgehead atoms. The first-order valence-corrected chi connectivity index (χ1v) is 6.75. The first-order chi connectivity index (χ1) is 9.81. The van der Waals surface area contributed by atoms with Crippen molar-refractivity contribution in [2.75, 3.05) is 6.54 Å². The molecule has 0 aliphatic carbocycles. The maximum Gasteiger partial charge on any atom is 0.322 e. The minimum absolute atomic E-state index is 0.185. The van der Waals surface area contributed by atoms with Gasteiger partial charge in [-0.15, -0.1) is 0 Å². The molecule has 0 fully saturated rings. The maximum absolute atomic E-state index is 12.1. The fourth-order valence-corrected chi connectivity index (χ4v) is 1.76. The standard InChI is InChI=1S/C14H17ClN2O4/c1-8(2)12(14(21)16-7-11(18)19)17-13(20)9-3-5-10(15)6-4-9/h3-6,8,12H,7H2,1-2H3,(H,16,21)(H,17,20)(H,18,19). The zero-order valence-corrected chi connectivity index (χ0v) is 12.5. The van der Waals surface area contributed by atoms with E-state index in [1.165, 1.54) is 0 Å². The average Bonchev–Trinajstić information content (AvgIpc) is 2.42.